The Morgan fingerprint density at radius 2 is 1.84 bits per heavy atom. The van der Waals surface area contributed by atoms with E-state index in [1.54, 1.807) is 18.3 Å². The molecule has 1 heterocycles. The molecule has 0 amide bonds. The summed E-state index contributed by atoms with van der Waals surface area (Å²) in [7, 11) is 0. The van der Waals surface area contributed by atoms with E-state index < -0.39 is 0 Å². The SMILES string of the molecule is Cc1cc(OCC(=O)CC23CC(Nc4ccnc(-c5ccc(Cl)cc5)n4)(C2)C3)ccc1Cl. The number of hydrogen-bond donors (Lipinski definition) is 1. The van der Waals surface area contributed by atoms with Gasteiger partial charge in [0, 0.05) is 33.8 Å². The van der Waals surface area contributed by atoms with E-state index in [1.165, 1.54) is 0 Å². The first-order valence-electron chi connectivity index (χ1n) is 10.6. The van der Waals surface area contributed by atoms with Crippen LogP contribution in [-0.2, 0) is 4.79 Å². The van der Waals surface area contributed by atoms with Crippen molar-refractivity contribution in [2.24, 2.45) is 5.41 Å². The highest BCUT2D eigenvalue weighted by Crippen LogP contribution is 2.70. The van der Waals surface area contributed by atoms with Gasteiger partial charge in [0.25, 0.3) is 0 Å². The zero-order valence-electron chi connectivity index (χ0n) is 17.7. The average Bonchev–Trinajstić information content (AvgIpc) is 2.73. The molecule has 0 aliphatic heterocycles. The van der Waals surface area contributed by atoms with Crippen molar-refractivity contribution < 1.29 is 9.53 Å². The molecule has 2 bridgehead atoms. The summed E-state index contributed by atoms with van der Waals surface area (Å²) in [6.07, 6.45) is 5.26. The van der Waals surface area contributed by atoms with Crippen molar-refractivity contribution in [3.8, 4) is 17.1 Å². The first-order valence-corrected chi connectivity index (χ1v) is 11.4. The van der Waals surface area contributed by atoms with E-state index in [9.17, 15) is 4.79 Å². The molecule has 1 N–H and O–H groups in total. The predicted molar refractivity (Wildman–Crippen MR) is 126 cm³/mol. The van der Waals surface area contributed by atoms with Crippen molar-refractivity contribution in [3.05, 3.63) is 70.3 Å². The number of ether oxygens (including phenoxy) is 1. The van der Waals surface area contributed by atoms with Crippen molar-refractivity contribution >= 4 is 34.8 Å². The van der Waals surface area contributed by atoms with Crippen molar-refractivity contribution in [1.82, 2.24) is 9.97 Å². The quantitative estimate of drug-likeness (QED) is 0.431. The van der Waals surface area contributed by atoms with Gasteiger partial charge in [0.1, 0.15) is 18.2 Å². The van der Waals surface area contributed by atoms with Crippen LogP contribution in [0.5, 0.6) is 5.75 Å². The van der Waals surface area contributed by atoms with Crippen LogP contribution in [0.15, 0.2) is 54.7 Å². The number of aryl methyl sites for hydroxylation is 1. The van der Waals surface area contributed by atoms with Crippen LogP contribution < -0.4 is 10.1 Å². The van der Waals surface area contributed by atoms with Gasteiger partial charge in [-0.3, -0.25) is 4.79 Å². The Labute approximate surface area is 197 Å². The molecule has 3 aliphatic carbocycles. The summed E-state index contributed by atoms with van der Waals surface area (Å²) in [5.41, 5.74) is 2.01. The number of benzene rings is 2. The smallest absolute Gasteiger partial charge is 0.170 e. The Hall–Kier alpha value is -2.63. The van der Waals surface area contributed by atoms with Crippen LogP contribution >= 0.6 is 23.2 Å². The summed E-state index contributed by atoms with van der Waals surface area (Å²) in [6, 6.07) is 14.8. The van der Waals surface area contributed by atoms with Crippen LogP contribution in [0.25, 0.3) is 11.4 Å². The molecule has 3 aromatic rings. The average molecular weight is 468 g/mol. The highest BCUT2D eigenvalue weighted by molar-refractivity contribution is 6.31. The minimum absolute atomic E-state index is 0.0417. The number of halogens is 2. The van der Waals surface area contributed by atoms with Crippen molar-refractivity contribution in [2.45, 2.75) is 38.1 Å². The molecular formula is C25H23Cl2N3O2. The van der Waals surface area contributed by atoms with Gasteiger partial charge in [-0.2, -0.15) is 0 Å². The van der Waals surface area contributed by atoms with E-state index in [4.69, 9.17) is 27.9 Å². The van der Waals surface area contributed by atoms with Gasteiger partial charge in [0.05, 0.1) is 0 Å². The van der Waals surface area contributed by atoms with Crippen LogP contribution in [0, 0.1) is 12.3 Å². The lowest BCUT2D eigenvalue weighted by Crippen LogP contribution is -2.71. The Balaban J connectivity index is 1.13. The third-order valence-corrected chi connectivity index (χ3v) is 7.07. The van der Waals surface area contributed by atoms with Gasteiger partial charge < -0.3 is 10.1 Å². The Bertz CT molecular complexity index is 1160. The number of rotatable bonds is 8. The second kappa shape index (κ2) is 8.05. The number of Topliss-reactive ketones (excluding diaryl/α,β-unsaturated/α-hetero) is 1. The van der Waals surface area contributed by atoms with Crippen LogP contribution in [-0.4, -0.2) is 27.9 Å². The summed E-state index contributed by atoms with van der Waals surface area (Å²) in [6.45, 7) is 2.01. The van der Waals surface area contributed by atoms with Crippen molar-refractivity contribution in [2.75, 3.05) is 11.9 Å². The van der Waals surface area contributed by atoms with Crippen molar-refractivity contribution in [3.63, 3.8) is 0 Å². The number of nitrogens with zero attached hydrogens (tertiary/aromatic N) is 2. The van der Waals surface area contributed by atoms with Crippen LogP contribution in [0.4, 0.5) is 5.82 Å². The Kier molecular flexibility index (Phi) is 5.34. The standard InChI is InChI=1S/C25H23Cl2N3O2/c1-16-10-20(6-7-21(16)27)32-12-19(31)11-24-13-25(14-24,15-24)30-22-8-9-28-23(29-22)17-2-4-18(26)5-3-17/h2-10H,11-15H2,1H3,(H,28,29,30). The van der Waals surface area contributed by atoms with Crippen molar-refractivity contribution in [1.29, 1.82) is 0 Å². The lowest BCUT2D eigenvalue weighted by molar-refractivity contribution is -0.147. The molecule has 164 valence electrons. The zero-order valence-corrected chi connectivity index (χ0v) is 19.2. The highest BCUT2D eigenvalue weighted by atomic mass is 35.5. The molecule has 2 aromatic carbocycles. The van der Waals surface area contributed by atoms with E-state index in [0.717, 1.165) is 36.2 Å². The number of aromatic nitrogens is 2. The third-order valence-electron chi connectivity index (χ3n) is 6.39. The maximum absolute atomic E-state index is 12.5. The fourth-order valence-electron chi connectivity index (χ4n) is 5.10. The molecular weight excluding hydrogens is 445 g/mol. The molecule has 6 rings (SSSR count). The lowest BCUT2D eigenvalue weighted by Gasteiger charge is -2.71. The molecule has 5 nitrogen and oxygen atoms in total. The first-order chi connectivity index (χ1) is 15.3. The predicted octanol–water partition coefficient (Wildman–Crippen LogP) is 6.13. The topological polar surface area (TPSA) is 64.1 Å². The number of nitrogens with one attached hydrogen (secondary N) is 1. The molecule has 3 fully saturated rings. The fraction of sp³-hybridized carbons (Fsp3) is 0.320. The number of anilines is 1. The van der Waals surface area contributed by atoms with Gasteiger partial charge in [-0.05, 0) is 85.7 Å². The molecule has 3 saturated carbocycles. The molecule has 0 radical (unpaired) electrons. The van der Waals surface area contributed by atoms with Crippen LogP contribution in [0.3, 0.4) is 0 Å². The number of carbonyl (C=O) groups excluding carboxylic acids is 1. The minimum atomic E-state index is 0.0417. The van der Waals surface area contributed by atoms with Gasteiger partial charge in [0.2, 0.25) is 0 Å². The number of carbonyl (C=O) groups is 1. The maximum Gasteiger partial charge on any atom is 0.170 e. The lowest BCUT2D eigenvalue weighted by atomic mass is 9.38. The molecule has 3 aliphatic rings. The van der Waals surface area contributed by atoms with Gasteiger partial charge in [-0.1, -0.05) is 23.2 Å². The largest absolute Gasteiger partial charge is 0.486 e. The monoisotopic (exact) mass is 467 g/mol. The molecule has 0 atom stereocenters. The summed E-state index contributed by atoms with van der Waals surface area (Å²) in [5.74, 6) is 2.29. The molecule has 7 heteroatoms. The molecule has 0 spiro atoms. The van der Waals surface area contributed by atoms with Gasteiger partial charge in [-0.25, -0.2) is 9.97 Å². The number of hydrogen-bond acceptors (Lipinski definition) is 5. The minimum Gasteiger partial charge on any atom is -0.486 e. The van der Waals surface area contributed by atoms with E-state index >= 15 is 0 Å². The van der Waals surface area contributed by atoms with Gasteiger partial charge in [-0.15, -0.1) is 0 Å². The second-order valence-electron chi connectivity index (χ2n) is 9.12. The van der Waals surface area contributed by atoms with E-state index in [2.05, 4.69) is 15.3 Å². The maximum atomic E-state index is 12.5. The molecule has 0 saturated heterocycles. The van der Waals surface area contributed by atoms with Gasteiger partial charge in [0.15, 0.2) is 11.6 Å². The van der Waals surface area contributed by atoms with E-state index in [-0.39, 0.29) is 23.3 Å². The molecule has 1 aromatic heterocycles. The first kappa shape index (κ1) is 21.2. The Morgan fingerprint density at radius 3 is 2.56 bits per heavy atom. The summed E-state index contributed by atoms with van der Waals surface area (Å²) in [5, 5.41) is 4.96. The molecule has 32 heavy (non-hydrogen) atoms. The zero-order chi connectivity index (χ0) is 22.3. The summed E-state index contributed by atoms with van der Waals surface area (Å²) in [4.78, 5) is 21.5. The van der Waals surface area contributed by atoms with Crippen LogP contribution in [0.2, 0.25) is 10.0 Å². The second-order valence-corrected chi connectivity index (χ2v) is 9.97. The summed E-state index contributed by atoms with van der Waals surface area (Å²) < 4.78 is 5.67. The third kappa shape index (κ3) is 4.19. The normalized spacial score (nSPS) is 23.1. The molecule has 0 unspecified atom stereocenters. The van der Waals surface area contributed by atoms with E-state index in [1.807, 2.05) is 43.3 Å². The Morgan fingerprint density at radius 1 is 1.09 bits per heavy atom. The van der Waals surface area contributed by atoms with Crippen LogP contribution in [0.1, 0.15) is 31.2 Å². The fourth-order valence-corrected chi connectivity index (χ4v) is 5.34. The number of ketones is 1. The summed E-state index contributed by atoms with van der Waals surface area (Å²) >= 11 is 12.0. The van der Waals surface area contributed by atoms with E-state index in [0.29, 0.717) is 28.0 Å². The van der Waals surface area contributed by atoms with Gasteiger partial charge >= 0.3 is 0 Å². The highest BCUT2D eigenvalue weighted by Gasteiger charge is 2.68.